The van der Waals surface area contributed by atoms with E-state index in [4.69, 9.17) is 9.47 Å². The highest BCUT2D eigenvalue weighted by molar-refractivity contribution is 7.13. The zero-order valence-electron chi connectivity index (χ0n) is 12.4. The number of benzene rings is 1. The molecule has 1 amide bonds. The Labute approximate surface area is 133 Å². The van der Waals surface area contributed by atoms with Gasteiger partial charge >= 0.3 is 0 Å². The molecule has 0 N–H and O–H groups in total. The Morgan fingerprint density at radius 1 is 1.32 bits per heavy atom. The van der Waals surface area contributed by atoms with Crippen LogP contribution in [0.4, 0.5) is 0 Å². The van der Waals surface area contributed by atoms with Crippen LogP contribution in [-0.4, -0.2) is 48.7 Å². The molecule has 0 spiro atoms. The van der Waals surface area contributed by atoms with Crippen LogP contribution in [0.3, 0.4) is 0 Å². The van der Waals surface area contributed by atoms with Gasteiger partial charge in [0.2, 0.25) is 0 Å². The molecule has 6 heteroatoms. The number of morpholine rings is 1. The van der Waals surface area contributed by atoms with Gasteiger partial charge in [-0.15, -0.1) is 11.3 Å². The van der Waals surface area contributed by atoms with Crippen LogP contribution in [0.5, 0.6) is 5.75 Å². The molecule has 0 saturated carbocycles. The molecule has 5 nitrogen and oxygen atoms in total. The van der Waals surface area contributed by atoms with E-state index in [1.807, 2.05) is 36.6 Å². The van der Waals surface area contributed by atoms with Crippen LogP contribution in [0, 0.1) is 0 Å². The minimum atomic E-state index is -0.0169. The number of rotatable bonds is 4. The zero-order chi connectivity index (χ0) is 15.4. The summed E-state index contributed by atoms with van der Waals surface area (Å²) in [5, 5.41) is 2.67. The molecule has 0 unspecified atom stereocenters. The average Bonchev–Trinajstić information content (AvgIpc) is 3.06. The normalized spacial score (nSPS) is 14.9. The molecular weight excluding hydrogens is 300 g/mol. The fourth-order valence-electron chi connectivity index (χ4n) is 2.29. The van der Waals surface area contributed by atoms with Crippen molar-refractivity contribution in [1.82, 2.24) is 9.88 Å². The average molecular weight is 318 g/mol. The Kier molecular flexibility index (Phi) is 4.70. The predicted octanol–water partition coefficient (Wildman–Crippen LogP) is 2.68. The molecule has 2 heterocycles. The molecule has 22 heavy (non-hydrogen) atoms. The lowest BCUT2D eigenvalue weighted by Crippen LogP contribution is -2.40. The van der Waals surface area contributed by atoms with E-state index in [1.165, 1.54) is 11.3 Å². The summed E-state index contributed by atoms with van der Waals surface area (Å²) in [5.41, 5.74) is 1.50. The quantitative estimate of drug-likeness (QED) is 0.870. The van der Waals surface area contributed by atoms with Crippen LogP contribution in [-0.2, 0) is 4.74 Å². The number of nitrogens with zero attached hydrogens (tertiary/aromatic N) is 2. The van der Waals surface area contributed by atoms with Gasteiger partial charge in [-0.2, -0.15) is 0 Å². The third-order valence-electron chi connectivity index (χ3n) is 3.43. The standard InChI is InChI=1S/C16H18N2O3S/c1-2-21-13-5-3-12(4-6-13)15-17-14(11-22-15)16(19)18-7-9-20-10-8-18/h3-6,11H,2,7-10H2,1H3. The van der Waals surface area contributed by atoms with Gasteiger partial charge in [-0.25, -0.2) is 4.98 Å². The van der Waals surface area contributed by atoms with E-state index in [1.54, 1.807) is 4.90 Å². The second kappa shape index (κ2) is 6.89. The van der Waals surface area contributed by atoms with Crippen molar-refractivity contribution >= 4 is 17.2 Å². The SMILES string of the molecule is CCOc1ccc(-c2nc(C(=O)N3CCOCC3)cs2)cc1. The lowest BCUT2D eigenvalue weighted by molar-refractivity contribution is 0.0299. The van der Waals surface area contributed by atoms with E-state index in [-0.39, 0.29) is 5.91 Å². The van der Waals surface area contributed by atoms with Gasteiger partial charge < -0.3 is 14.4 Å². The Bertz CT molecular complexity index is 633. The Morgan fingerprint density at radius 3 is 2.73 bits per heavy atom. The lowest BCUT2D eigenvalue weighted by atomic mass is 10.2. The van der Waals surface area contributed by atoms with Crippen LogP contribution >= 0.6 is 11.3 Å². The van der Waals surface area contributed by atoms with Crippen LogP contribution < -0.4 is 4.74 Å². The first kappa shape index (κ1) is 15.0. The second-order valence-electron chi connectivity index (χ2n) is 4.90. The van der Waals surface area contributed by atoms with Gasteiger partial charge in [-0.1, -0.05) is 0 Å². The summed E-state index contributed by atoms with van der Waals surface area (Å²) in [4.78, 5) is 18.6. The summed E-state index contributed by atoms with van der Waals surface area (Å²) in [6.45, 7) is 5.07. The Balaban J connectivity index is 1.73. The smallest absolute Gasteiger partial charge is 0.273 e. The number of hydrogen-bond acceptors (Lipinski definition) is 5. The summed E-state index contributed by atoms with van der Waals surface area (Å²) in [7, 11) is 0. The first-order chi connectivity index (χ1) is 10.8. The van der Waals surface area contributed by atoms with Crippen LogP contribution in [0.2, 0.25) is 0 Å². The van der Waals surface area contributed by atoms with Gasteiger partial charge in [-0.3, -0.25) is 4.79 Å². The van der Waals surface area contributed by atoms with Crippen molar-refractivity contribution in [3.63, 3.8) is 0 Å². The van der Waals surface area contributed by atoms with Crippen molar-refractivity contribution < 1.29 is 14.3 Å². The molecule has 0 radical (unpaired) electrons. The highest BCUT2D eigenvalue weighted by Crippen LogP contribution is 2.26. The van der Waals surface area contributed by atoms with E-state index < -0.39 is 0 Å². The summed E-state index contributed by atoms with van der Waals surface area (Å²) < 4.78 is 10.7. The first-order valence-corrected chi connectivity index (χ1v) is 8.21. The third kappa shape index (κ3) is 3.28. The highest BCUT2D eigenvalue weighted by atomic mass is 32.1. The lowest BCUT2D eigenvalue weighted by Gasteiger charge is -2.25. The van der Waals surface area contributed by atoms with Gasteiger partial charge in [0.05, 0.1) is 19.8 Å². The van der Waals surface area contributed by atoms with Crippen molar-refractivity contribution in [2.24, 2.45) is 0 Å². The fourth-order valence-corrected chi connectivity index (χ4v) is 3.09. The molecule has 3 rings (SSSR count). The van der Waals surface area contributed by atoms with E-state index in [2.05, 4.69) is 4.98 Å². The first-order valence-electron chi connectivity index (χ1n) is 7.33. The highest BCUT2D eigenvalue weighted by Gasteiger charge is 2.21. The van der Waals surface area contributed by atoms with Crippen LogP contribution in [0.15, 0.2) is 29.6 Å². The van der Waals surface area contributed by atoms with E-state index in [9.17, 15) is 4.79 Å². The molecule has 1 aromatic heterocycles. The molecule has 0 aliphatic carbocycles. The van der Waals surface area contributed by atoms with Crippen molar-refractivity contribution in [2.75, 3.05) is 32.9 Å². The molecule has 1 aromatic carbocycles. The third-order valence-corrected chi connectivity index (χ3v) is 4.33. The van der Waals surface area contributed by atoms with Crippen molar-refractivity contribution in [1.29, 1.82) is 0 Å². The predicted molar refractivity (Wildman–Crippen MR) is 85.4 cm³/mol. The van der Waals surface area contributed by atoms with Gasteiger partial charge in [0.15, 0.2) is 0 Å². The molecule has 1 aliphatic rings. The minimum Gasteiger partial charge on any atom is -0.494 e. The molecule has 1 fully saturated rings. The topological polar surface area (TPSA) is 51.7 Å². The van der Waals surface area contributed by atoms with Gasteiger partial charge in [0.1, 0.15) is 16.5 Å². The maximum Gasteiger partial charge on any atom is 0.273 e. The van der Waals surface area contributed by atoms with Gasteiger partial charge in [0, 0.05) is 24.0 Å². The fraction of sp³-hybridized carbons (Fsp3) is 0.375. The second-order valence-corrected chi connectivity index (χ2v) is 5.76. The molecule has 0 atom stereocenters. The number of hydrogen-bond donors (Lipinski definition) is 0. The number of carbonyl (C=O) groups excluding carboxylic acids is 1. The van der Waals surface area contributed by atoms with Gasteiger partial charge in [-0.05, 0) is 31.2 Å². The summed E-state index contributed by atoms with van der Waals surface area (Å²) in [6.07, 6.45) is 0. The zero-order valence-corrected chi connectivity index (χ0v) is 13.3. The van der Waals surface area contributed by atoms with E-state index in [0.29, 0.717) is 38.6 Å². The summed E-state index contributed by atoms with van der Waals surface area (Å²) in [6, 6.07) is 7.77. The maximum atomic E-state index is 12.4. The summed E-state index contributed by atoms with van der Waals surface area (Å²) >= 11 is 1.48. The number of ether oxygens (including phenoxy) is 2. The molecule has 1 aliphatic heterocycles. The number of carbonyl (C=O) groups is 1. The Morgan fingerprint density at radius 2 is 2.05 bits per heavy atom. The van der Waals surface area contributed by atoms with Gasteiger partial charge in [0.25, 0.3) is 5.91 Å². The Hall–Kier alpha value is -1.92. The number of aromatic nitrogens is 1. The van der Waals surface area contributed by atoms with Crippen LogP contribution in [0.25, 0.3) is 10.6 Å². The van der Waals surface area contributed by atoms with Crippen molar-refractivity contribution in [2.45, 2.75) is 6.92 Å². The number of amides is 1. The molecular formula is C16H18N2O3S. The molecule has 2 aromatic rings. The molecule has 116 valence electrons. The van der Waals surface area contributed by atoms with Crippen molar-refractivity contribution in [3.05, 3.63) is 35.3 Å². The largest absolute Gasteiger partial charge is 0.494 e. The molecule has 0 bridgehead atoms. The van der Waals surface area contributed by atoms with E-state index >= 15 is 0 Å². The maximum absolute atomic E-state index is 12.4. The summed E-state index contributed by atoms with van der Waals surface area (Å²) in [5.74, 6) is 0.823. The molecule has 1 saturated heterocycles. The van der Waals surface area contributed by atoms with Crippen molar-refractivity contribution in [3.8, 4) is 16.3 Å². The number of thiazole rings is 1. The minimum absolute atomic E-state index is 0.0169. The van der Waals surface area contributed by atoms with E-state index in [0.717, 1.165) is 16.3 Å². The van der Waals surface area contributed by atoms with Crippen LogP contribution in [0.1, 0.15) is 17.4 Å². The monoisotopic (exact) mass is 318 g/mol.